The maximum atomic E-state index is 12.8. The molecule has 0 aromatic heterocycles. The van der Waals surface area contributed by atoms with Crippen LogP contribution in [0.5, 0.6) is 0 Å². The van der Waals surface area contributed by atoms with Gasteiger partial charge in [-0.25, -0.2) is 0 Å². The number of carbonyl (C=O) groups excluding carboxylic acids is 2. The molecule has 1 aliphatic rings. The third kappa shape index (κ3) is 4.30. The zero-order chi connectivity index (χ0) is 20.2. The molecule has 1 aliphatic heterocycles. The average molecular weight is 388 g/mol. The molecule has 148 valence electrons. The van der Waals surface area contributed by atoms with Gasteiger partial charge in [-0.05, 0) is 54.3 Å². The number of ether oxygens (including phenoxy) is 1. The van der Waals surface area contributed by atoms with E-state index in [0.29, 0.717) is 17.9 Å². The highest BCUT2D eigenvalue weighted by atomic mass is 16.5. The molecule has 5 nitrogen and oxygen atoms in total. The molecule has 29 heavy (non-hydrogen) atoms. The second-order valence-electron chi connectivity index (χ2n) is 7.34. The van der Waals surface area contributed by atoms with Gasteiger partial charge in [-0.2, -0.15) is 0 Å². The molecule has 1 heterocycles. The molecule has 3 aromatic carbocycles. The van der Waals surface area contributed by atoms with Gasteiger partial charge in [0.25, 0.3) is 11.8 Å². The van der Waals surface area contributed by atoms with Crippen molar-refractivity contribution < 1.29 is 14.3 Å². The Bertz CT molecular complexity index is 1040. The third-order valence-corrected chi connectivity index (χ3v) is 5.25. The second kappa shape index (κ2) is 8.45. The lowest BCUT2D eigenvalue weighted by Crippen LogP contribution is -2.28. The lowest BCUT2D eigenvalue weighted by Gasteiger charge is -2.17. The predicted octanol–water partition coefficient (Wildman–Crippen LogP) is 4.45. The van der Waals surface area contributed by atoms with E-state index in [-0.39, 0.29) is 17.9 Å². The van der Waals surface area contributed by atoms with Gasteiger partial charge in [-0.1, -0.05) is 48.5 Å². The smallest absolute Gasteiger partial charge is 0.253 e. The average Bonchev–Trinajstić information content (AvgIpc) is 3.28. The lowest BCUT2D eigenvalue weighted by atomic mass is 9.99. The van der Waals surface area contributed by atoms with Crippen molar-refractivity contribution in [3.05, 3.63) is 77.9 Å². The number of benzene rings is 3. The number of anilines is 1. The van der Waals surface area contributed by atoms with Crippen LogP contribution in [0.2, 0.25) is 0 Å². The molecule has 1 fully saturated rings. The van der Waals surface area contributed by atoms with Crippen LogP contribution in [0.4, 0.5) is 5.69 Å². The first-order valence-electron chi connectivity index (χ1n) is 9.93. The van der Waals surface area contributed by atoms with Crippen LogP contribution in [0.1, 0.15) is 41.7 Å². The van der Waals surface area contributed by atoms with Crippen LogP contribution in [0.15, 0.2) is 66.7 Å². The van der Waals surface area contributed by atoms with Crippen molar-refractivity contribution >= 4 is 28.3 Å². The van der Waals surface area contributed by atoms with E-state index in [4.69, 9.17) is 4.74 Å². The van der Waals surface area contributed by atoms with E-state index in [1.807, 2.05) is 31.2 Å². The van der Waals surface area contributed by atoms with Gasteiger partial charge in [0.15, 0.2) is 0 Å². The van der Waals surface area contributed by atoms with Gasteiger partial charge in [-0.3, -0.25) is 9.59 Å². The molecule has 0 saturated carbocycles. The van der Waals surface area contributed by atoms with Gasteiger partial charge in [0, 0.05) is 17.9 Å². The first kappa shape index (κ1) is 19.2. The van der Waals surface area contributed by atoms with Crippen LogP contribution in [-0.2, 0) is 9.53 Å². The maximum Gasteiger partial charge on any atom is 0.253 e. The van der Waals surface area contributed by atoms with Crippen LogP contribution in [-0.4, -0.2) is 24.5 Å². The van der Waals surface area contributed by atoms with Crippen molar-refractivity contribution in [1.29, 1.82) is 0 Å². The quantitative estimate of drug-likeness (QED) is 0.679. The number of nitrogens with one attached hydrogen (secondary N) is 2. The van der Waals surface area contributed by atoms with Crippen LogP contribution < -0.4 is 10.6 Å². The minimum absolute atomic E-state index is 0.154. The molecule has 2 N–H and O–H groups in total. The number of carbonyl (C=O) groups is 2. The zero-order valence-electron chi connectivity index (χ0n) is 16.4. The zero-order valence-corrected chi connectivity index (χ0v) is 16.4. The molecule has 0 unspecified atom stereocenters. The van der Waals surface area contributed by atoms with Crippen LogP contribution in [0, 0.1) is 0 Å². The molecular formula is C24H24N2O3. The number of hydrogen-bond donors (Lipinski definition) is 2. The van der Waals surface area contributed by atoms with E-state index in [1.165, 1.54) is 0 Å². The summed E-state index contributed by atoms with van der Waals surface area (Å²) in [5, 5.41) is 8.18. The topological polar surface area (TPSA) is 67.4 Å². The highest BCUT2D eigenvalue weighted by Gasteiger charge is 2.23. The van der Waals surface area contributed by atoms with Crippen LogP contribution >= 0.6 is 0 Å². The Hall–Kier alpha value is -3.18. The second-order valence-corrected chi connectivity index (χ2v) is 7.34. The summed E-state index contributed by atoms with van der Waals surface area (Å²) < 4.78 is 5.41. The third-order valence-electron chi connectivity index (χ3n) is 5.25. The fourth-order valence-corrected chi connectivity index (χ4v) is 3.73. The van der Waals surface area contributed by atoms with E-state index < -0.39 is 6.10 Å². The van der Waals surface area contributed by atoms with Gasteiger partial charge in [-0.15, -0.1) is 0 Å². The lowest BCUT2D eigenvalue weighted by molar-refractivity contribution is -0.124. The molecule has 4 rings (SSSR count). The molecule has 2 atom stereocenters. The van der Waals surface area contributed by atoms with Crippen molar-refractivity contribution in [2.75, 3.05) is 11.9 Å². The number of hydrogen-bond acceptors (Lipinski definition) is 3. The first-order valence-corrected chi connectivity index (χ1v) is 9.93. The first-order chi connectivity index (χ1) is 14.1. The monoisotopic (exact) mass is 388 g/mol. The summed E-state index contributed by atoms with van der Waals surface area (Å²) >= 11 is 0. The summed E-state index contributed by atoms with van der Waals surface area (Å²) in [4.78, 5) is 25.1. The summed E-state index contributed by atoms with van der Waals surface area (Å²) in [6, 6.07) is 21.1. The Labute approximate surface area is 170 Å². The van der Waals surface area contributed by atoms with E-state index in [1.54, 1.807) is 24.3 Å². The molecule has 0 aliphatic carbocycles. The molecule has 3 aromatic rings. The van der Waals surface area contributed by atoms with Gasteiger partial charge in [0.05, 0.1) is 6.04 Å². The van der Waals surface area contributed by atoms with Crippen molar-refractivity contribution in [3.63, 3.8) is 0 Å². The van der Waals surface area contributed by atoms with Gasteiger partial charge in [0.1, 0.15) is 6.10 Å². The molecule has 0 spiro atoms. The van der Waals surface area contributed by atoms with E-state index in [2.05, 4.69) is 28.8 Å². The summed E-state index contributed by atoms with van der Waals surface area (Å²) in [5.41, 5.74) is 2.16. The Morgan fingerprint density at radius 3 is 2.66 bits per heavy atom. The number of amides is 2. The summed E-state index contributed by atoms with van der Waals surface area (Å²) in [6.07, 6.45) is 1.22. The largest absolute Gasteiger partial charge is 0.368 e. The maximum absolute atomic E-state index is 12.8. The number of fused-ring (bicyclic) bond motifs is 1. The summed E-state index contributed by atoms with van der Waals surface area (Å²) in [5.74, 6) is -0.345. The van der Waals surface area contributed by atoms with Crippen molar-refractivity contribution in [2.45, 2.75) is 31.9 Å². The molecule has 2 amide bonds. The Kier molecular flexibility index (Phi) is 5.58. The van der Waals surface area contributed by atoms with Crippen LogP contribution in [0.3, 0.4) is 0 Å². The number of rotatable bonds is 5. The van der Waals surface area contributed by atoms with Crippen LogP contribution in [0.25, 0.3) is 10.8 Å². The normalized spacial score (nSPS) is 17.1. The van der Waals surface area contributed by atoms with E-state index >= 15 is 0 Å². The molecule has 0 radical (unpaired) electrons. The molecule has 0 bridgehead atoms. The van der Waals surface area contributed by atoms with E-state index in [0.717, 1.165) is 29.2 Å². The highest BCUT2D eigenvalue weighted by Crippen LogP contribution is 2.24. The molecule has 1 saturated heterocycles. The molecular weight excluding hydrogens is 364 g/mol. The van der Waals surface area contributed by atoms with Gasteiger partial charge >= 0.3 is 0 Å². The Morgan fingerprint density at radius 2 is 1.83 bits per heavy atom. The molecule has 5 heteroatoms. The van der Waals surface area contributed by atoms with Gasteiger partial charge < -0.3 is 15.4 Å². The predicted molar refractivity (Wildman–Crippen MR) is 114 cm³/mol. The Balaban J connectivity index is 1.47. The van der Waals surface area contributed by atoms with Crippen molar-refractivity contribution in [1.82, 2.24) is 5.32 Å². The summed E-state index contributed by atoms with van der Waals surface area (Å²) in [6.45, 7) is 2.59. The SMILES string of the molecule is C[C@H](NC(=O)c1cccc(NC(=O)[C@H]2CCCO2)c1)c1cccc2ccccc12. The van der Waals surface area contributed by atoms with E-state index in [9.17, 15) is 9.59 Å². The summed E-state index contributed by atoms with van der Waals surface area (Å²) in [7, 11) is 0. The minimum Gasteiger partial charge on any atom is -0.368 e. The fraction of sp³-hybridized carbons (Fsp3) is 0.250. The van der Waals surface area contributed by atoms with Crippen molar-refractivity contribution in [2.24, 2.45) is 0 Å². The standard InChI is InChI=1S/C24H24N2O3/c1-16(20-12-5-8-17-7-2-3-11-21(17)20)25-23(27)18-9-4-10-19(15-18)26-24(28)22-13-6-14-29-22/h2-5,7-12,15-16,22H,6,13-14H2,1H3,(H,25,27)(H,26,28)/t16-,22+/m0/s1. The Morgan fingerprint density at radius 1 is 1.03 bits per heavy atom. The van der Waals surface area contributed by atoms with Crippen molar-refractivity contribution in [3.8, 4) is 0 Å². The van der Waals surface area contributed by atoms with Gasteiger partial charge in [0.2, 0.25) is 0 Å². The minimum atomic E-state index is -0.404. The fourth-order valence-electron chi connectivity index (χ4n) is 3.73. The highest BCUT2D eigenvalue weighted by molar-refractivity contribution is 5.98.